The molecule has 12 heteroatoms. The van der Waals surface area contributed by atoms with Gasteiger partial charge in [-0.3, -0.25) is 19.2 Å². The van der Waals surface area contributed by atoms with Crippen LogP contribution in [-0.2, 0) is 19.1 Å². The second-order valence-electron chi connectivity index (χ2n) is 13.9. The molecule has 12 nitrogen and oxygen atoms in total. The topological polar surface area (TPSA) is 163 Å². The van der Waals surface area contributed by atoms with E-state index < -0.39 is 29.4 Å². The van der Waals surface area contributed by atoms with Gasteiger partial charge in [-0.05, 0) is 78.6 Å². The predicted octanol–water partition coefficient (Wildman–Crippen LogP) is 7.51. The number of rotatable bonds is 19. The van der Waals surface area contributed by atoms with Gasteiger partial charge in [-0.1, -0.05) is 62.8 Å². The fourth-order valence-electron chi connectivity index (χ4n) is 4.64. The third-order valence-corrected chi connectivity index (χ3v) is 6.99. The number of Topliss-reactive ketones (excluding diaryl/α,β-unsaturated/α-hetero) is 2. The number of hydrogen-bond acceptors (Lipinski definition) is 10. The fraction of sp³-hybridized carbons (Fsp3) is 0.526. The number of amides is 2. The summed E-state index contributed by atoms with van der Waals surface area (Å²) in [7, 11) is 0. The van der Waals surface area contributed by atoms with Crippen LogP contribution in [-0.4, -0.2) is 60.0 Å². The van der Waals surface area contributed by atoms with E-state index in [0.29, 0.717) is 19.3 Å². The van der Waals surface area contributed by atoms with E-state index in [1.807, 2.05) is 0 Å². The van der Waals surface area contributed by atoms with Gasteiger partial charge < -0.3 is 29.6 Å². The van der Waals surface area contributed by atoms with Gasteiger partial charge in [0.15, 0.2) is 11.6 Å². The van der Waals surface area contributed by atoms with Crippen molar-refractivity contribution in [1.82, 2.24) is 10.6 Å². The summed E-state index contributed by atoms with van der Waals surface area (Å²) in [4.78, 5) is 73.9. The molecule has 0 aliphatic heterocycles. The number of carbonyl (C=O) groups excluding carboxylic acids is 6. The van der Waals surface area contributed by atoms with Crippen molar-refractivity contribution in [2.24, 2.45) is 0 Å². The van der Waals surface area contributed by atoms with Crippen LogP contribution in [0.3, 0.4) is 0 Å². The minimum absolute atomic E-state index is 0.0501. The molecule has 2 aromatic rings. The first kappa shape index (κ1) is 41.4. The number of ketones is 2. The average Bonchev–Trinajstić information content (AvgIpc) is 3.02. The lowest BCUT2D eigenvalue weighted by molar-refractivity contribution is -0.121. The number of para-hydroxylation sites is 2. The van der Waals surface area contributed by atoms with Gasteiger partial charge in [0.2, 0.25) is 5.91 Å². The Morgan fingerprint density at radius 3 is 1.50 bits per heavy atom. The normalized spacial score (nSPS) is 11.2. The van der Waals surface area contributed by atoms with Crippen LogP contribution in [0.4, 0.5) is 9.59 Å². The number of nitrogens with one attached hydrogen (secondary N) is 2. The third-order valence-electron chi connectivity index (χ3n) is 6.99. The van der Waals surface area contributed by atoms with Gasteiger partial charge in [0.25, 0.3) is 5.91 Å². The summed E-state index contributed by atoms with van der Waals surface area (Å²) in [6, 6.07) is 12.6. The molecule has 2 amide bonds. The van der Waals surface area contributed by atoms with Crippen molar-refractivity contribution < 1.29 is 47.7 Å². The molecule has 0 unspecified atom stereocenters. The SMILES string of the molecule is CC(C)(C)OC(=O)Oc1ccccc1C(=O)CNC(=O)CCCCCCCCCCC(=O)CNC(=O)c1ccccc1OC(=O)OC(C)(C)C. The van der Waals surface area contributed by atoms with E-state index in [0.717, 1.165) is 44.9 Å². The van der Waals surface area contributed by atoms with Gasteiger partial charge >= 0.3 is 12.3 Å². The van der Waals surface area contributed by atoms with Crippen molar-refractivity contribution in [1.29, 1.82) is 0 Å². The fourth-order valence-corrected chi connectivity index (χ4v) is 4.64. The van der Waals surface area contributed by atoms with Crippen LogP contribution in [0, 0.1) is 0 Å². The molecular weight excluding hydrogens is 644 g/mol. The Kier molecular flexibility index (Phi) is 17.2. The highest BCUT2D eigenvalue weighted by Gasteiger charge is 2.22. The summed E-state index contributed by atoms with van der Waals surface area (Å²) < 4.78 is 20.7. The summed E-state index contributed by atoms with van der Waals surface area (Å²) in [6.07, 6.45) is 6.05. The first-order valence-electron chi connectivity index (χ1n) is 17.1. The number of unbranched alkanes of at least 4 members (excludes halogenated alkanes) is 7. The zero-order chi connectivity index (χ0) is 37.2. The Balaban J connectivity index is 1.54. The lowest BCUT2D eigenvalue weighted by Gasteiger charge is -2.19. The Morgan fingerprint density at radius 1 is 0.540 bits per heavy atom. The van der Waals surface area contributed by atoms with E-state index >= 15 is 0 Å². The summed E-state index contributed by atoms with van der Waals surface area (Å²) >= 11 is 0. The summed E-state index contributed by atoms with van der Waals surface area (Å²) in [6.45, 7) is 9.92. The number of hydrogen-bond donors (Lipinski definition) is 2. The van der Waals surface area contributed by atoms with Crippen LogP contribution in [0.25, 0.3) is 0 Å². The Labute approximate surface area is 295 Å². The maximum absolute atomic E-state index is 12.7. The number of carbonyl (C=O) groups is 6. The largest absolute Gasteiger partial charge is 0.514 e. The Morgan fingerprint density at radius 2 is 0.980 bits per heavy atom. The zero-order valence-corrected chi connectivity index (χ0v) is 30.2. The van der Waals surface area contributed by atoms with E-state index in [2.05, 4.69) is 10.6 Å². The molecule has 0 saturated heterocycles. The summed E-state index contributed by atoms with van der Waals surface area (Å²) in [5.74, 6) is -1.07. The molecule has 2 aromatic carbocycles. The lowest BCUT2D eigenvalue weighted by atomic mass is 10.1. The maximum atomic E-state index is 12.7. The molecule has 0 fully saturated rings. The molecule has 0 aromatic heterocycles. The van der Waals surface area contributed by atoms with Gasteiger partial charge in [0.05, 0.1) is 24.2 Å². The molecule has 274 valence electrons. The van der Waals surface area contributed by atoms with E-state index in [-0.39, 0.29) is 53.2 Å². The van der Waals surface area contributed by atoms with Gasteiger partial charge in [0, 0.05) is 12.8 Å². The molecule has 0 saturated carbocycles. The van der Waals surface area contributed by atoms with Crippen LogP contribution in [0.1, 0.15) is 126 Å². The number of ether oxygens (including phenoxy) is 4. The second-order valence-corrected chi connectivity index (χ2v) is 13.9. The molecule has 0 aliphatic rings. The van der Waals surface area contributed by atoms with Crippen LogP contribution < -0.4 is 20.1 Å². The van der Waals surface area contributed by atoms with Gasteiger partial charge in [-0.25, -0.2) is 9.59 Å². The number of benzene rings is 2. The first-order chi connectivity index (χ1) is 23.5. The average molecular weight is 697 g/mol. The van der Waals surface area contributed by atoms with Gasteiger partial charge in [0.1, 0.15) is 22.7 Å². The van der Waals surface area contributed by atoms with Crippen molar-refractivity contribution in [2.75, 3.05) is 13.1 Å². The first-order valence-corrected chi connectivity index (χ1v) is 17.1. The van der Waals surface area contributed by atoms with Crippen LogP contribution in [0.15, 0.2) is 48.5 Å². The molecular formula is C38H52N2O10. The van der Waals surface area contributed by atoms with E-state index in [9.17, 15) is 28.8 Å². The molecule has 0 bridgehead atoms. The zero-order valence-electron chi connectivity index (χ0n) is 30.2. The van der Waals surface area contributed by atoms with E-state index in [4.69, 9.17) is 18.9 Å². The third kappa shape index (κ3) is 17.6. The van der Waals surface area contributed by atoms with Crippen LogP contribution in [0.5, 0.6) is 11.5 Å². The smallest absolute Gasteiger partial charge is 0.428 e. The molecule has 0 aliphatic carbocycles. The highest BCUT2D eigenvalue weighted by Crippen LogP contribution is 2.22. The maximum Gasteiger partial charge on any atom is 0.514 e. The molecule has 0 atom stereocenters. The minimum Gasteiger partial charge on any atom is -0.428 e. The van der Waals surface area contributed by atoms with Gasteiger partial charge in [-0.2, -0.15) is 0 Å². The highest BCUT2D eigenvalue weighted by atomic mass is 16.7. The Hall–Kier alpha value is -4.74. The Bertz CT molecular complexity index is 1350. The van der Waals surface area contributed by atoms with Crippen LogP contribution >= 0.6 is 0 Å². The lowest BCUT2D eigenvalue weighted by Crippen LogP contribution is -2.30. The minimum atomic E-state index is -0.920. The van der Waals surface area contributed by atoms with Crippen LogP contribution in [0.2, 0.25) is 0 Å². The predicted molar refractivity (Wildman–Crippen MR) is 187 cm³/mol. The van der Waals surface area contributed by atoms with Crippen molar-refractivity contribution in [3.05, 3.63) is 59.7 Å². The van der Waals surface area contributed by atoms with Crippen molar-refractivity contribution in [3.8, 4) is 11.5 Å². The van der Waals surface area contributed by atoms with Crippen molar-refractivity contribution in [2.45, 2.75) is 117 Å². The second kappa shape index (κ2) is 20.7. The molecule has 0 radical (unpaired) electrons. The van der Waals surface area contributed by atoms with Gasteiger partial charge in [-0.15, -0.1) is 0 Å². The summed E-state index contributed by atoms with van der Waals surface area (Å²) in [5.41, 5.74) is -1.17. The van der Waals surface area contributed by atoms with Crippen molar-refractivity contribution in [3.63, 3.8) is 0 Å². The quantitative estimate of drug-likeness (QED) is 0.0650. The molecule has 0 spiro atoms. The molecule has 0 heterocycles. The molecule has 2 rings (SSSR count). The monoisotopic (exact) mass is 696 g/mol. The standard InChI is InChI=1S/C38H52N2O10/c1-37(2,3)49-35(45)47-31-22-17-15-20-28(31)30(42)26-39-33(43)24-14-12-10-8-7-9-11-13-19-27(41)25-40-34(44)29-21-16-18-23-32(29)48-36(46)50-38(4,5)6/h15-18,20-23H,7-14,19,24-26H2,1-6H3,(H,39,43)(H,40,44). The highest BCUT2D eigenvalue weighted by molar-refractivity contribution is 6.02. The van der Waals surface area contributed by atoms with Crippen molar-refractivity contribution >= 4 is 35.7 Å². The molecule has 2 N–H and O–H groups in total. The summed E-state index contributed by atoms with van der Waals surface area (Å²) in [5, 5.41) is 5.24. The molecule has 50 heavy (non-hydrogen) atoms. The van der Waals surface area contributed by atoms with E-state index in [1.165, 1.54) is 24.3 Å². The van der Waals surface area contributed by atoms with E-state index in [1.54, 1.807) is 65.8 Å².